The van der Waals surface area contributed by atoms with Gasteiger partial charge in [0.15, 0.2) is 0 Å². The van der Waals surface area contributed by atoms with Crippen LogP contribution in [0.5, 0.6) is 0 Å². The smallest absolute Gasteiger partial charge is 0.407 e. The van der Waals surface area contributed by atoms with Crippen LogP contribution in [0.3, 0.4) is 0 Å². The van der Waals surface area contributed by atoms with Crippen molar-refractivity contribution < 1.29 is 14.6 Å². The average molecular weight is 276 g/mol. The predicted molar refractivity (Wildman–Crippen MR) is 73.6 cm³/mol. The predicted octanol–water partition coefficient (Wildman–Crippen LogP) is 2.54. The van der Waals surface area contributed by atoms with Gasteiger partial charge in [-0.2, -0.15) is 0 Å². The number of fused-ring (bicyclic) bond motifs is 2. The minimum Gasteiger partial charge on any atom is -0.465 e. The summed E-state index contributed by atoms with van der Waals surface area (Å²) in [5, 5.41) is 9.36. The van der Waals surface area contributed by atoms with Crippen LogP contribution in [-0.2, 0) is 10.3 Å². The maximum absolute atomic E-state index is 11.4. The summed E-state index contributed by atoms with van der Waals surface area (Å²) in [6.45, 7) is 2.04. The number of hydrogen-bond donors (Lipinski definition) is 1. The number of aryl methyl sites for hydroxylation is 1. The van der Waals surface area contributed by atoms with Crippen molar-refractivity contribution in [3.05, 3.63) is 29.6 Å². The molecule has 2 unspecified atom stereocenters. The Morgan fingerprint density at radius 3 is 2.60 bits per heavy atom. The van der Waals surface area contributed by atoms with Crippen molar-refractivity contribution in [1.82, 2.24) is 9.88 Å². The summed E-state index contributed by atoms with van der Waals surface area (Å²) < 4.78 is 5.87. The summed E-state index contributed by atoms with van der Waals surface area (Å²) in [5.74, 6) is 0. The van der Waals surface area contributed by atoms with E-state index in [1.807, 2.05) is 19.1 Å². The first-order valence-corrected chi connectivity index (χ1v) is 7.06. The van der Waals surface area contributed by atoms with Crippen molar-refractivity contribution in [3.8, 4) is 0 Å². The molecule has 2 fully saturated rings. The van der Waals surface area contributed by atoms with Crippen LogP contribution in [0, 0.1) is 6.92 Å². The fraction of sp³-hybridized carbons (Fsp3) is 0.600. The lowest BCUT2D eigenvalue weighted by atomic mass is 9.81. The Bertz CT molecular complexity index is 518. The molecule has 0 radical (unpaired) electrons. The van der Waals surface area contributed by atoms with Gasteiger partial charge in [0, 0.05) is 38.2 Å². The summed E-state index contributed by atoms with van der Waals surface area (Å²) in [5.41, 5.74) is 1.63. The van der Waals surface area contributed by atoms with E-state index < -0.39 is 11.7 Å². The first-order valence-electron chi connectivity index (χ1n) is 7.06. The van der Waals surface area contributed by atoms with Gasteiger partial charge in [-0.3, -0.25) is 4.98 Å². The zero-order chi connectivity index (χ0) is 14.3. The van der Waals surface area contributed by atoms with Gasteiger partial charge < -0.3 is 14.7 Å². The number of hydrogen-bond acceptors (Lipinski definition) is 3. The Balaban J connectivity index is 1.98. The molecule has 2 aliphatic rings. The molecule has 0 aromatic carbocycles. The van der Waals surface area contributed by atoms with Crippen LogP contribution < -0.4 is 0 Å². The Labute approximate surface area is 118 Å². The Kier molecular flexibility index (Phi) is 3.17. The molecule has 3 heterocycles. The molecular weight excluding hydrogens is 256 g/mol. The number of methoxy groups -OCH3 is 1. The van der Waals surface area contributed by atoms with Crippen LogP contribution in [0.4, 0.5) is 4.79 Å². The number of carboxylic acid groups (broad SMARTS) is 1. The van der Waals surface area contributed by atoms with E-state index in [0.717, 1.165) is 24.1 Å². The lowest BCUT2D eigenvalue weighted by molar-refractivity contribution is -0.0833. The van der Waals surface area contributed by atoms with Crippen molar-refractivity contribution in [3.63, 3.8) is 0 Å². The van der Waals surface area contributed by atoms with Crippen molar-refractivity contribution >= 4 is 6.09 Å². The third-order valence-corrected chi connectivity index (χ3v) is 4.80. The highest BCUT2D eigenvalue weighted by Gasteiger charge is 2.52. The van der Waals surface area contributed by atoms with Crippen molar-refractivity contribution in [2.75, 3.05) is 7.11 Å². The topological polar surface area (TPSA) is 62.7 Å². The highest BCUT2D eigenvalue weighted by molar-refractivity contribution is 5.66. The molecule has 2 bridgehead atoms. The van der Waals surface area contributed by atoms with Crippen molar-refractivity contribution in [2.45, 2.75) is 50.3 Å². The fourth-order valence-corrected chi connectivity index (χ4v) is 3.94. The standard InChI is InChI=1S/C15H20N2O3/c1-10-4-3-7-16-13(10)15(20-2)8-11-5-6-12(9-15)17(11)14(18)19/h3-4,7,11-12H,5-6,8-9H2,1-2H3,(H,18,19). The maximum atomic E-state index is 11.4. The lowest BCUT2D eigenvalue weighted by Gasteiger charge is -2.44. The van der Waals surface area contributed by atoms with Gasteiger partial charge in [0.1, 0.15) is 5.60 Å². The van der Waals surface area contributed by atoms with Gasteiger partial charge in [0.05, 0.1) is 5.69 Å². The van der Waals surface area contributed by atoms with Gasteiger partial charge in [-0.15, -0.1) is 0 Å². The summed E-state index contributed by atoms with van der Waals surface area (Å²) in [7, 11) is 1.71. The molecule has 5 heteroatoms. The SMILES string of the molecule is COC1(c2ncccc2C)CC2CCC(C1)N2C(=O)O. The molecule has 2 atom stereocenters. The molecule has 108 valence electrons. The van der Waals surface area contributed by atoms with E-state index >= 15 is 0 Å². The molecule has 2 saturated heterocycles. The first kappa shape index (κ1) is 13.4. The van der Waals surface area contributed by atoms with Crippen LogP contribution in [-0.4, -0.2) is 40.3 Å². The zero-order valence-electron chi connectivity index (χ0n) is 11.9. The molecule has 2 aliphatic heterocycles. The molecule has 1 amide bonds. The molecule has 0 saturated carbocycles. The minimum absolute atomic E-state index is 0.0487. The molecule has 5 nitrogen and oxygen atoms in total. The minimum atomic E-state index is -0.806. The third-order valence-electron chi connectivity index (χ3n) is 4.80. The molecule has 0 aliphatic carbocycles. The van der Waals surface area contributed by atoms with Gasteiger partial charge in [-0.25, -0.2) is 4.79 Å². The van der Waals surface area contributed by atoms with Crippen LogP contribution in [0.25, 0.3) is 0 Å². The van der Waals surface area contributed by atoms with Gasteiger partial charge in [-0.05, 0) is 31.4 Å². The first-order chi connectivity index (χ1) is 9.57. The molecule has 0 spiro atoms. The van der Waals surface area contributed by atoms with E-state index in [0.29, 0.717) is 12.8 Å². The summed E-state index contributed by atoms with van der Waals surface area (Å²) in [6.07, 6.45) is 4.23. The molecular formula is C15H20N2O3. The van der Waals surface area contributed by atoms with E-state index in [1.165, 1.54) is 0 Å². The number of amides is 1. The lowest BCUT2D eigenvalue weighted by Crippen LogP contribution is -2.52. The Morgan fingerprint density at radius 1 is 1.45 bits per heavy atom. The Morgan fingerprint density at radius 2 is 2.10 bits per heavy atom. The van der Waals surface area contributed by atoms with E-state index in [1.54, 1.807) is 18.2 Å². The number of ether oxygens (including phenoxy) is 1. The van der Waals surface area contributed by atoms with Crippen LogP contribution in [0.15, 0.2) is 18.3 Å². The van der Waals surface area contributed by atoms with E-state index in [-0.39, 0.29) is 12.1 Å². The number of nitrogens with zero attached hydrogens (tertiary/aromatic N) is 2. The van der Waals surface area contributed by atoms with Crippen molar-refractivity contribution in [1.29, 1.82) is 0 Å². The molecule has 1 aromatic rings. The largest absolute Gasteiger partial charge is 0.465 e. The summed E-state index contributed by atoms with van der Waals surface area (Å²) in [4.78, 5) is 17.5. The van der Waals surface area contributed by atoms with Crippen LogP contribution in [0.2, 0.25) is 0 Å². The van der Waals surface area contributed by atoms with Gasteiger partial charge in [-0.1, -0.05) is 6.07 Å². The highest BCUT2D eigenvalue weighted by atomic mass is 16.5. The molecule has 1 N–H and O–H groups in total. The maximum Gasteiger partial charge on any atom is 0.407 e. The molecule has 1 aromatic heterocycles. The summed E-state index contributed by atoms with van der Waals surface area (Å²) >= 11 is 0. The second kappa shape index (κ2) is 4.74. The molecule has 20 heavy (non-hydrogen) atoms. The normalized spacial score (nSPS) is 32.4. The fourth-order valence-electron chi connectivity index (χ4n) is 3.94. The second-order valence-electron chi connectivity index (χ2n) is 5.85. The van der Waals surface area contributed by atoms with Gasteiger partial charge >= 0.3 is 6.09 Å². The van der Waals surface area contributed by atoms with Gasteiger partial charge in [0.25, 0.3) is 0 Å². The zero-order valence-corrected chi connectivity index (χ0v) is 11.9. The summed E-state index contributed by atoms with van der Waals surface area (Å²) in [6, 6.07) is 4.05. The third kappa shape index (κ3) is 1.88. The Hall–Kier alpha value is -1.62. The molecule has 3 rings (SSSR count). The average Bonchev–Trinajstić information content (AvgIpc) is 2.71. The monoisotopic (exact) mass is 276 g/mol. The van der Waals surface area contributed by atoms with Crippen LogP contribution >= 0.6 is 0 Å². The number of piperidine rings is 1. The number of aromatic nitrogens is 1. The number of rotatable bonds is 2. The van der Waals surface area contributed by atoms with E-state index in [4.69, 9.17) is 4.74 Å². The number of carbonyl (C=O) groups is 1. The van der Waals surface area contributed by atoms with Gasteiger partial charge in [0.2, 0.25) is 0 Å². The highest BCUT2D eigenvalue weighted by Crippen LogP contribution is 2.47. The second-order valence-corrected chi connectivity index (χ2v) is 5.85. The van der Waals surface area contributed by atoms with Crippen LogP contribution in [0.1, 0.15) is 36.9 Å². The quantitative estimate of drug-likeness (QED) is 0.901. The number of pyridine rings is 1. The van der Waals surface area contributed by atoms with Crippen molar-refractivity contribution in [2.24, 2.45) is 0 Å². The van der Waals surface area contributed by atoms with E-state index in [2.05, 4.69) is 4.98 Å². The van der Waals surface area contributed by atoms with E-state index in [9.17, 15) is 9.90 Å².